The number of hydrogen-bond donors (Lipinski definition) is 2. The molecule has 1 saturated carbocycles. The minimum atomic E-state index is 0.484. The van der Waals surface area contributed by atoms with Crippen molar-refractivity contribution >= 4 is 11.6 Å². The van der Waals surface area contributed by atoms with Crippen molar-refractivity contribution in [3.63, 3.8) is 0 Å². The molecule has 0 amide bonds. The van der Waals surface area contributed by atoms with Gasteiger partial charge in [0.25, 0.3) is 0 Å². The van der Waals surface area contributed by atoms with Crippen LogP contribution in [0.2, 0.25) is 0 Å². The van der Waals surface area contributed by atoms with Gasteiger partial charge in [-0.2, -0.15) is 0 Å². The van der Waals surface area contributed by atoms with Crippen molar-refractivity contribution in [2.24, 2.45) is 5.41 Å². The van der Waals surface area contributed by atoms with Gasteiger partial charge in [0.2, 0.25) is 0 Å². The predicted molar refractivity (Wildman–Crippen MR) is 68.8 cm³/mol. The van der Waals surface area contributed by atoms with E-state index in [2.05, 4.69) is 29.5 Å². The van der Waals surface area contributed by atoms with Crippen LogP contribution in [0.5, 0.6) is 0 Å². The van der Waals surface area contributed by atoms with Crippen LogP contribution in [0.3, 0.4) is 0 Å². The highest BCUT2D eigenvalue weighted by Crippen LogP contribution is 2.38. The van der Waals surface area contributed by atoms with Crippen molar-refractivity contribution in [1.29, 1.82) is 0 Å². The zero-order valence-corrected chi connectivity index (χ0v) is 10.4. The molecule has 1 atom stereocenters. The number of hydrogen-bond acceptors (Lipinski definition) is 3. The third kappa shape index (κ3) is 2.65. The van der Waals surface area contributed by atoms with Gasteiger partial charge in [-0.25, -0.2) is 4.98 Å². The van der Waals surface area contributed by atoms with E-state index in [0.717, 1.165) is 11.6 Å². The highest BCUT2D eigenvalue weighted by molar-refractivity contribution is 5.45. The number of nitrogens with zero attached hydrogens (tertiary/aromatic N) is 1. The first-order valence-corrected chi connectivity index (χ1v) is 6.00. The minimum Gasteiger partial charge on any atom is -0.373 e. The topological polar surface area (TPSA) is 37.0 Å². The first-order valence-electron chi connectivity index (χ1n) is 6.00. The molecular formula is C13H21N3. The Kier molecular flexibility index (Phi) is 3.03. The Morgan fingerprint density at radius 3 is 2.69 bits per heavy atom. The summed E-state index contributed by atoms with van der Waals surface area (Å²) in [4.78, 5) is 4.48. The summed E-state index contributed by atoms with van der Waals surface area (Å²) in [5.41, 5.74) is 0.484. The molecule has 0 aliphatic heterocycles. The van der Waals surface area contributed by atoms with Crippen LogP contribution in [0.1, 0.15) is 33.1 Å². The number of pyridine rings is 1. The first kappa shape index (κ1) is 11.2. The number of rotatable bonds is 3. The molecule has 1 aliphatic rings. The Bertz CT molecular complexity index is 360. The quantitative estimate of drug-likeness (QED) is 0.820. The molecular weight excluding hydrogens is 198 g/mol. The summed E-state index contributed by atoms with van der Waals surface area (Å²) in [6, 6.07) is 6.62. The number of anilines is 2. The van der Waals surface area contributed by atoms with Crippen molar-refractivity contribution in [3.05, 3.63) is 18.2 Å². The van der Waals surface area contributed by atoms with Crippen molar-refractivity contribution < 1.29 is 0 Å². The Morgan fingerprint density at radius 1 is 1.31 bits per heavy atom. The van der Waals surface area contributed by atoms with E-state index in [9.17, 15) is 0 Å². The summed E-state index contributed by atoms with van der Waals surface area (Å²) in [6.07, 6.45) is 3.79. The summed E-state index contributed by atoms with van der Waals surface area (Å²) < 4.78 is 0. The lowest BCUT2D eigenvalue weighted by Gasteiger charge is -2.18. The molecule has 1 aromatic rings. The van der Waals surface area contributed by atoms with E-state index >= 15 is 0 Å². The van der Waals surface area contributed by atoms with Crippen LogP contribution in [0.15, 0.2) is 18.2 Å². The molecule has 16 heavy (non-hydrogen) atoms. The van der Waals surface area contributed by atoms with Gasteiger partial charge in [0.15, 0.2) is 0 Å². The molecule has 2 rings (SSSR count). The lowest BCUT2D eigenvalue weighted by atomic mass is 9.92. The molecule has 0 bridgehead atoms. The molecule has 3 nitrogen and oxygen atoms in total. The summed E-state index contributed by atoms with van der Waals surface area (Å²) >= 11 is 0. The summed E-state index contributed by atoms with van der Waals surface area (Å²) in [6.45, 7) is 4.68. The molecule has 0 aromatic carbocycles. The fourth-order valence-electron chi connectivity index (χ4n) is 2.42. The van der Waals surface area contributed by atoms with Crippen LogP contribution in [-0.2, 0) is 0 Å². The van der Waals surface area contributed by atoms with Crippen LogP contribution >= 0.6 is 0 Å². The molecule has 1 aromatic heterocycles. The van der Waals surface area contributed by atoms with Crippen molar-refractivity contribution in [3.8, 4) is 0 Å². The monoisotopic (exact) mass is 219 g/mol. The van der Waals surface area contributed by atoms with E-state index in [0.29, 0.717) is 11.5 Å². The lowest BCUT2D eigenvalue weighted by Crippen LogP contribution is -2.18. The maximum Gasteiger partial charge on any atom is 0.128 e. The van der Waals surface area contributed by atoms with Gasteiger partial charge in [-0.05, 0) is 36.8 Å². The van der Waals surface area contributed by atoms with Crippen molar-refractivity contribution in [2.45, 2.75) is 39.2 Å². The SMILES string of the molecule is CNc1cccc(NC2CCC(C)(C)C2)n1. The molecule has 1 aliphatic carbocycles. The van der Waals surface area contributed by atoms with Gasteiger partial charge in [-0.3, -0.25) is 0 Å². The third-order valence-corrected chi connectivity index (χ3v) is 3.33. The predicted octanol–water partition coefficient (Wildman–Crippen LogP) is 3.11. The second-order valence-corrected chi connectivity index (χ2v) is 5.41. The Balaban J connectivity index is 1.99. The van der Waals surface area contributed by atoms with E-state index in [-0.39, 0.29) is 0 Å². The fourth-order valence-corrected chi connectivity index (χ4v) is 2.42. The van der Waals surface area contributed by atoms with Crippen molar-refractivity contribution in [2.75, 3.05) is 17.7 Å². The van der Waals surface area contributed by atoms with E-state index in [1.165, 1.54) is 19.3 Å². The molecule has 1 heterocycles. The van der Waals surface area contributed by atoms with Gasteiger partial charge in [0.1, 0.15) is 11.6 Å². The zero-order valence-electron chi connectivity index (χ0n) is 10.4. The van der Waals surface area contributed by atoms with Crippen molar-refractivity contribution in [1.82, 2.24) is 4.98 Å². The van der Waals surface area contributed by atoms with E-state index in [1.807, 2.05) is 25.2 Å². The molecule has 3 heteroatoms. The fraction of sp³-hybridized carbons (Fsp3) is 0.615. The van der Waals surface area contributed by atoms with E-state index in [1.54, 1.807) is 0 Å². The Hall–Kier alpha value is -1.25. The summed E-state index contributed by atoms with van der Waals surface area (Å²) in [5, 5.41) is 6.58. The van der Waals surface area contributed by atoms with Gasteiger partial charge in [0, 0.05) is 13.1 Å². The Morgan fingerprint density at radius 2 is 2.06 bits per heavy atom. The first-order chi connectivity index (χ1) is 7.59. The normalized spacial score (nSPS) is 23.1. The second kappa shape index (κ2) is 4.32. The van der Waals surface area contributed by atoms with Crippen LogP contribution in [-0.4, -0.2) is 18.1 Å². The zero-order chi connectivity index (χ0) is 11.6. The van der Waals surface area contributed by atoms with Crippen LogP contribution in [0.25, 0.3) is 0 Å². The molecule has 0 radical (unpaired) electrons. The maximum atomic E-state index is 4.48. The Labute approximate surface area is 97.7 Å². The highest BCUT2D eigenvalue weighted by Gasteiger charge is 2.30. The van der Waals surface area contributed by atoms with Gasteiger partial charge in [-0.1, -0.05) is 19.9 Å². The molecule has 0 saturated heterocycles. The van der Waals surface area contributed by atoms with E-state index < -0.39 is 0 Å². The van der Waals surface area contributed by atoms with Gasteiger partial charge < -0.3 is 10.6 Å². The second-order valence-electron chi connectivity index (χ2n) is 5.41. The summed E-state index contributed by atoms with van der Waals surface area (Å²) in [7, 11) is 1.89. The average molecular weight is 219 g/mol. The third-order valence-electron chi connectivity index (χ3n) is 3.33. The highest BCUT2D eigenvalue weighted by atomic mass is 15.1. The minimum absolute atomic E-state index is 0.484. The van der Waals surface area contributed by atoms with Gasteiger partial charge in [-0.15, -0.1) is 0 Å². The molecule has 1 unspecified atom stereocenters. The maximum absolute atomic E-state index is 4.48. The molecule has 2 N–H and O–H groups in total. The smallest absolute Gasteiger partial charge is 0.128 e. The van der Waals surface area contributed by atoms with E-state index in [4.69, 9.17) is 0 Å². The van der Waals surface area contributed by atoms with Crippen LogP contribution in [0.4, 0.5) is 11.6 Å². The molecule has 0 spiro atoms. The summed E-state index contributed by atoms with van der Waals surface area (Å²) in [5.74, 6) is 1.90. The van der Waals surface area contributed by atoms with Gasteiger partial charge in [0.05, 0.1) is 0 Å². The lowest BCUT2D eigenvalue weighted by molar-refractivity contribution is 0.378. The molecule has 88 valence electrons. The van der Waals surface area contributed by atoms with Crippen LogP contribution in [0, 0.1) is 5.41 Å². The average Bonchev–Trinajstić information content (AvgIpc) is 2.58. The van der Waals surface area contributed by atoms with Crippen LogP contribution < -0.4 is 10.6 Å². The van der Waals surface area contributed by atoms with Gasteiger partial charge >= 0.3 is 0 Å². The number of nitrogens with one attached hydrogen (secondary N) is 2. The number of aromatic nitrogens is 1. The largest absolute Gasteiger partial charge is 0.373 e. The standard InChI is InChI=1S/C13H21N3/c1-13(2)8-7-10(9-13)15-12-6-4-5-11(14-3)16-12/h4-6,10H,7-9H2,1-3H3,(H2,14,15,16). The molecule has 1 fully saturated rings.